The molecule has 2 N–H and O–H groups in total. The number of amides is 1. The summed E-state index contributed by atoms with van der Waals surface area (Å²) in [4.78, 5) is 39.8. The SMILES string of the molecule is CC(C)(C)OC(=O)NC1(C(=O)O)CCN(c2ncc([N+](=O)[O-])cc2Br)C1. The van der Waals surface area contributed by atoms with Crippen molar-refractivity contribution >= 4 is 39.5 Å². The lowest BCUT2D eigenvalue weighted by atomic mass is 9.99. The number of nitrogens with one attached hydrogen (secondary N) is 1. The van der Waals surface area contributed by atoms with E-state index in [0.29, 0.717) is 16.8 Å². The Balaban J connectivity index is 2.20. The third kappa shape index (κ3) is 4.40. The standard InChI is InChI=1S/C15H19BrN4O6/c1-14(2,3)26-13(23)18-15(12(21)22)4-5-19(8-15)11-10(16)6-9(7-17-11)20(24)25/h6-7H,4-5,8H2,1-3H3,(H,18,23)(H,21,22). The topological polar surface area (TPSA) is 135 Å². The van der Waals surface area contributed by atoms with Gasteiger partial charge >= 0.3 is 12.1 Å². The molecule has 142 valence electrons. The number of carbonyl (C=O) groups is 2. The minimum Gasteiger partial charge on any atom is -0.479 e. The number of carbonyl (C=O) groups excluding carboxylic acids is 1. The average Bonchev–Trinajstić information content (AvgIpc) is 2.90. The summed E-state index contributed by atoms with van der Waals surface area (Å²) in [5.74, 6) is -0.825. The van der Waals surface area contributed by atoms with Gasteiger partial charge in [0.25, 0.3) is 5.69 Å². The Morgan fingerprint density at radius 2 is 2.15 bits per heavy atom. The Bertz CT molecular complexity index is 750. The van der Waals surface area contributed by atoms with Crippen LogP contribution < -0.4 is 10.2 Å². The van der Waals surface area contributed by atoms with E-state index in [2.05, 4.69) is 26.2 Å². The van der Waals surface area contributed by atoms with Crippen LogP contribution in [0.4, 0.5) is 16.3 Å². The number of nitrogens with zero attached hydrogens (tertiary/aromatic N) is 3. The number of carboxylic acid groups (broad SMARTS) is 1. The molecular formula is C15H19BrN4O6. The van der Waals surface area contributed by atoms with Crippen molar-refractivity contribution < 1.29 is 24.4 Å². The first-order chi connectivity index (χ1) is 11.9. The number of aliphatic carboxylic acids is 1. The first-order valence-corrected chi connectivity index (χ1v) is 8.52. The van der Waals surface area contributed by atoms with Crippen LogP contribution in [-0.4, -0.2) is 51.3 Å². The normalized spacial score (nSPS) is 19.9. The third-order valence-electron chi connectivity index (χ3n) is 3.74. The second kappa shape index (κ2) is 7.06. The van der Waals surface area contributed by atoms with Crippen molar-refractivity contribution in [1.29, 1.82) is 0 Å². The fraction of sp³-hybridized carbons (Fsp3) is 0.533. The van der Waals surface area contributed by atoms with Gasteiger partial charge in [0.15, 0.2) is 5.54 Å². The van der Waals surface area contributed by atoms with Crippen molar-refractivity contribution in [3.05, 3.63) is 26.9 Å². The third-order valence-corrected chi connectivity index (χ3v) is 4.32. The summed E-state index contributed by atoms with van der Waals surface area (Å²) in [6, 6.07) is 1.30. The number of ether oxygens (including phenoxy) is 1. The first kappa shape index (κ1) is 19.9. The molecule has 0 saturated carbocycles. The molecule has 10 nitrogen and oxygen atoms in total. The molecule has 26 heavy (non-hydrogen) atoms. The average molecular weight is 431 g/mol. The minimum absolute atomic E-state index is 0.0506. The van der Waals surface area contributed by atoms with E-state index >= 15 is 0 Å². The Labute approximate surface area is 157 Å². The molecular weight excluding hydrogens is 412 g/mol. The summed E-state index contributed by atoms with van der Waals surface area (Å²) in [6.45, 7) is 5.28. The molecule has 0 bridgehead atoms. The molecule has 1 fully saturated rings. The van der Waals surface area contributed by atoms with E-state index in [1.165, 1.54) is 6.07 Å². The molecule has 2 rings (SSSR count). The summed E-state index contributed by atoms with van der Waals surface area (Å²) in [5.41, 5.74) is -2.48. The molecule has 1 atom stereocenters. The summed E-state index contributed by atoms with van der Waals surface area (Å²) in [6.07, 6.45) is 0.409. The number of carboxylic acids is 1. The highest BCUT2D eigenvalue weighted by molar-refractivity contribution is 9.10. The zero-order valence-electron chi connectivity index (χ0n) is 14.5. The summed E-state index contributed by atoms with van der Waals surface area (Å²) < 4.78 is 5.52. The monoisotopic (exact) mass is 430 g/mol. The maximum Gasteiger partial charge on any atom is 0.408 e. The van der Waals surface area contributed by atoms with Gasteiger partial charge in [0, 0.05) is 19.0 Å². The van der Waals surface area contributed by atoms with Gasteiger partial charge in [-0.05, 0) is 36.7 Å². The zero-order valence-corrected chi connectivity index (χ0v) is 16.1. The molecule has 1 aromatic heterocycles. The lowest BCUT2D eigenvalue weighted by Crippen LogP contribution is -2.57. The van der Waals surface area contributed by atoms with E-state index < -0.39 is 28.1 Å². The molecule has 1 unspecified atom stereocenters. The zero-order chi connectivity index (χ0) is 19.7. The van der Waals surface area contributed by atoms with Crippen molar-refractivity contribution in [3.63, 3.8) is 0 Å². The maximum absolute atomic E-state index is 12.0. The predicted molar refractivity (Wildman–Crippen MR) is 95.2 cm³/mol. The molecule has 1 amide bonds. The number of nitro groups is 1. The Kier molecular flexibility index (Phi) is 5.40. The van der Waals surface area contributed by atoms with Crippen LogP contribution in [0.3, 0.4) is 0 Å². The number of hydrogen-bond donors (Lipinski definition) is 2. The van der Waals surface area contributed by atoms with E-state index in [4.69, 9.17) is 4.74 Å². The fourth-order valence-corrected chi connectivity index (χ4v) is 3.16. The lowest BCUT2D eigenvalue weighted by molar-refractivity contribution is -0.385. The van der Waals surface area contributed by atoms with Gasteiger partial charge in [-0.15, -0.1) is 0 Å². The highest BCUT2D eigenvalue weighted by atomic mass is 79.9. The van der Waals surface area contributed by atoms with Crippen LogP contribution in [0.15, 0.2) is 16.7 Å². The van der Waals surface area contributed by atoms with Crippen LogP contribution in [-0.2, 0) is 9.53 Å². The number of hydrogen-bond acceptors (Lipinski definition) is 7. The number of anilines is 1. The Hall–Kier alpha value is -2.43. The van der Waals surface area contributed by atoms with E-state index in [-0.39, 0.29) is 18.7 Å². The maximum atomic E-state index is 12.0. The van der Waals surface area contributed by atoms with Gasteiger partial charge in [-0.2, -0.15) is 0 Å². The van der Waals surface area contributed by atoms with Crippen molar-refractivity contribution in [2.45, 2.75) is 38.3 Å². The van der Waals surface area contributed by atoms with Crippen molar-refractivity contribution in [2.24, 2.45) is 0 Å². The Morgan fingerprint density at radius 3 is 2.65 bits per heavy atom. The van der Waals surface area contributed by atoms with Gasteiger partial charge in [-0.1, -0.05) is 0 Å². The summed E-state index contributed by atoms with van der Waals surface area (Å²) >= 11 is 3.22. The minimum atomic E-state index is -1.54. The molecule has 11 heteroatoms. The Morgan fingerprint density at radius 1 is 1.50 bits per heavy atom. The largest absolute Gasteiger partial charge is 0.479 e. The second-order valence-corrected chi connectivity index (χ2v) is 7.80. The van der Waals surface area contributed by atoms with Crippen molar-refractivity contribution in [3.8, 4) is 0 Å². The van der Waals surface area contributed by atoms with Gasteiger partial charge in [-0.3, -0.25) is 10.1 Å². The smallest absolute Gasteiger partial charge is 0.408 e. The molecule has 2 heterocycles. The molecule has 1 saturated heterocycles. The molecule has 0 radical (unpaired) electrons. The van der Waals surface area contributed by atoms with Gasteiger partial charge in [-0.25, -0.2) is 14.6 Å². The van der Waals surface area contributed by atoms with Gasteiger partial charge in [0.2, 0.25) is 0 Å². The molecule has 1 aliphatic heterocycles. The van der Waals surface area contributed by atoms with Crippen LogP contribution in [0.5, 0.6) is 0 Å². The van der Waals surface area contributed by atoms with Gasteiger partial charge in [0.05, 0.1) is 15.9 Å². The van der Waals surface area contributed by atoms with Gasteiger partial charge < -0.3 is 20.1 Å². The molecule has 0 spiro atoms. The van der Waals surface area contributed by atoms with Crippen molar-refractivity contribution in [1.82, 2.24) is 10.3 Å². The van der Waals surface area contributed by atoms with E-state index in [1.54, 1.807) is 25.7 Å². The first-order valence-electron chi connectivity index (χ1n) is 7.73. The number of aromatic nitrogens is 1. The molecule has 1 aromatic rings. The van der Waals surface area contributed by atoms with Gasteiger partial charge in [0.1, 0.15) is 17.6 Å². The number of alkyl carbamates (subject to hydrolysis) is 1. The van der Waals surface area contributed by atoms with Crippen LogP contribution in [0.2, 0.25) is 0 Å². The van der Waals surface area contributed by atoms with E-state index in [0.717, 1.165) is 6.20 Å². The lowest BCUT2D eigenvalue weighted by Gasteiger charge is -2.28. The number of halogens is 1. The van der Waals surface area contributed by atoms with E-state index in [1.807, 2.05) is 0 Å². The summed E-state index contributed by atoms with van der Waals surface area (Å²) in [7, 11) is 0. The summed E-state index contributed by atoms with van der Waals surface area (Å²) in [5, 5.41) is 22.9. The van der Waals surface area contributed by atoms with Crippen molar-refractivity contribution in [2.75, 3.05) is 18.0 Å². The molecule has 1 aliphatic rings. The highest BCUT2D eigenvalue weighted by Crippen LogP contribution is 2.33. The van der Waals surface area contributed by atoms with Crippen LogP contribution in [0.1, 0.15) is 27.2 Å². The van der Waals surface area contributed by atoms with E-state index in [9.17, 15) is 24.8 Å². The quantitative estimate of drug-likeness (QED) is 0.548. The number of rotatable bonds is 4. The van der Waals surface area contributed by atoms with Crippen LogP contribution >= 0.6 is 15.9 Å². The number of pyridine rings is 1. The second-order valence-electron chi connectivity index (χ2n) is 6.94. The highest BCUT2D eigenvalue weighted by Gasteiger charge is 2.47. The van der Waals surface area contributed by atoms with Crippen LogP contribution in [0, 0.1) is 10.1 Å². The predicted octanol–water partition coefficient (Wildman–Crippen LogP) is 2.31. The molecule has 0 aromatic carbocycles. The fourth-order valence-electron chi connectivity index (χ4n) is 2.57. The van der Waals surface area contributed by atoms with Crippen LogP contribution in [0.25, 0.3) is 0 Å². The molecule has 0 aliphatic carbocycles.